The highest BCUT2D eigenvalue weighted by molar-refractivity contribution is 9.10. The lowest BCUT2D eigenvalue weighted by molar-refractivity contribution is -0.145. The van der Waals surface area contributed by atoms with Crippen molar-refractivity contribution in [2.45, 2.75) is 13.5 Å². The van der Waals surface area contributed by atoms with Gasteiger partial charge in [0.15, 0.2) is 6.61 Å². The quantitative estimate of drug-likeness (QED) is 0.841. The van der Waals surface area contributed by atoms with Crippen LogP contribution in [0, 0.1) is 0 Å². The number of aliphatic hydroxyl groups is 1. The molecule has 5 heteroatoms. The van der Waals surface area contributed by atoms with Crippen LogP contribution < -0.4 is 4.74 Å². The van der Waals surface area contributed by atoms with Crippen LogP contribution in [-0.2, 0) is 16.1 Å². The fraction of sp³-hybridized carbons (Fsp3) is 0.364. The van der Waals surface area contributed by atoms with Gasteiger partial charge in [0, 0.05) is 0 Å². The number of rotatable bonds is 5. The largest absolute Gasteiger partial charge is 0.481 e. The fourth-order valence-electron chi connectivity index (χ4n) is 1.10. The third kappa shape index (κ3) is 3.83. The lowest BCUT2D eigenvalue weighted by Gasteiger charge is -2.08. The normalized spacial score (nSPS) is 9.94. The molecule has 1 N–H and O–H groups in total. The molecule has 16 heavy (non-hydrogen) atoms. The maximum atomic E-state index is 11.0. The molecular formula is C11H13BrO4. The molecule has 88 valence electrons. The van der Waals surface area contributed by atoms with E-state index in [4.69, 9.17) is 14.6 Å². The van der Waals surface area contributed by atoms with E-state index in [2.05, 4.69) is 15.9 Å². The smallest absolute Gasteiger partial charge is 0.344 e. The molecule has 0 unspecified atom stereocenters. The maximum Gasteiger partial charge on any atom is 0.344 e. The maximum absolute atomic E-state index is 11.0. The fourth-order valence-corrected chi connectivity index (χ4v) is 1.64. The van der Waals surface area contributed by atoms with Crippen molar-refractivity contribution in [2.24, 2.45) is 0 Å². The molecule has 0 aliphatic heterocycles. The van der Waals surface area contributed by atoms with E-state index >= 15 is 0 Å². The topological polar surface area (TPSA) is 55.8 Å². The van der Waals surface area contributed by atoms with E-state index in [-0.39, 0.29) is 13.2 Å². The third-order valence-electron chi connectivity index (χ3n) is 1.83. The number of halogens is 1. The zero-order valence-corrected chi connectivity index (χ0v) is 10.5. The van der Waals surface area contributed by atoms with Crippen molar-refractivity contribution in [1.29, 1.82) is 0 Å². The van der Waals surface area contributed by atoms with Gasteiger partial charge in [0.2, 0.25) is 0 Å². The lowest BCUT2D eigenvalue weighted by atomic mass is 10.2. The summed E-state index contributed by atoms with van der Waals surface area (Å²) in [5.41, 5.74) is 0.773. The predicted octanol–water partition coefficient (Wildman–Crippen LogP) is 1.88. The van der Waals surface area contributed by atoms with Crippen molar-refractivity contribution in [3.8, 4) is 5.75 Å². The second-order valence-electron chi connectivity index (χ2n) is 3.02. The molecule has 0 heterocycles. The van der Waals surface area contributed by atoms with Gasteiger partial charge in [-0.3, -0.25) is 0 Å². The predicted molar refractivity (Wildman–Crippen MR) is 62.2 cm³/mol. The first kappa shape index (κ1) is 13.0. The van der Waals surface area contributed by atoms with Crippen LogP contribution in [0.2, 0.25) is 0 Å². The Balaban J connectivity index is 2.57. The number of ether oxygens (including phenoxy) is 2. The van der Waals surface area contributed by atoms with Crippen LogP contribution in [0.25, 0.3) is 0 Å². The van der Waals surface area contributed by atoms with Crippen molar-refractivity contribution < 1.29 is 19.4 Å². The van der Waals surface area contributed by atoms with Crippen molar-refractivity contribution in [3.63, 3.8) is 0 Å². The molecule has 0 radical (unpaired) electrons. The molecule has 0 bridgehead atoms. The molecule has 4 nitrogen and oxygen atoms in total. The number of benzene rings is 1. The summed E-state index contributed by atoms with van der Waals surface area (Å²) >= 11 is 3.29. The highest BCUT2D eigenvalue weighted by Gasteiger charge is 2.06. The molecule has 1 aromatic rings. The Morgan fingerprint density at radius 1 is 1.50 bits per heavy atom. The second-order valence-corrected chi connectivity index (χ2v) is 3.87. The summed E-state index contributed by atoms with van der Waals surface area (Å²) in [6.07, 6.45) is 0. The van der Waals surface area contributed by atoms with E-state index in [1.54, 1.807) is 25.1 Å². The molecule has 0 spiro atoms. The lowest BCUT2D eigenvalue weighted by Crippen LogP contribution is -2.14. The zero-order chi connectivity index (χ0) is 12.0. The van der Waals surface area contributed by atoms with Crippen LogP contribution in [0.5, 0.6) is 5.75 Å². The molecule has 0 amide bonds. The third-order valence-corrected chi connectivity index (χ3v) is 2.45. The first-order valence-corrected chi connectivity index (χ1v) is 5.64. The van der Waals surface area contributed by atoms with Gasteiger partial charge in [-0.05, 0) is 40.5 Å². The van der Waals surface area contributed by atoms with E-state index in [0.717, 1.165) is 5.56 Å². The molecular weight excluding hydrogens is 276 g/mol. The average molecular weight is 289 g/mol. The Morgan fingerprint density at radius 2 is 2.25 bits per heavy atom. The van der Waals surface area contributed by atoms with Gasteiger partial charge < -0.3 is 14.6 Å². The van der Waals surface area contributed by atoms with Gasteiger partial charge in [0.1, 0.15) is 5.75 Å². The van der Waals surface area contributed by atoms with Crippen molar-refractivity contribution in [2.75, 3.05) is 13.2 Å². The van der Waals surface area contributed by atoms with E-state index in [9.17, 15) is 4.79 Å². The van der Waals surface area contributed by atoms with Crippen LogP contribution in [0.4, 0.5) is 0 Å². The SMILES string of the molecule is CCOC(=O)COc1ccc(CO)cc1Br. The molecule has 0 aliphatic rings. The summed E-state index contributed by atoms with van der Waals surface area (Å²) in [5, 5.41) is 8.91. The van der Waals surface area contributed by atoms with E-state index < -0.39 is 5.97 Å². The number of esters is 1. The van der Waals surface area contributed by atoms with Crippen molar-refractivity contribution in [1.82, 2.24) is 0 Å². The molecule has 0 saturated heterocycles. The Morgan fingerprint density at radius 3 is 2.81 bits per heavy atom. The number of carbonyl (C=O) groups is 1. The molecule has 1 aromatic carbocycles. The summed E-state index contributed by atoms with van der Waals surface area (Å²) in [6.45, 7) is 1.93. The highest BCUT2D eigenvalue weighted by Crippen LogP contribution is 2.25. The van der Waals surface area contributed by atoms with Crippen LogP contribution in [-0.4, -0.2) is 24.3 Å². The summed E-state index contributed by atoms with van der Waals surface area (Å²) in [5.74, 6) is 0.144. The minimum Gasteiger partial charge on any atom is -0.481 e. The number of aliphatic hydroxyl groups excluding tert-OH is 1. The average Bonchev–Trinajstić information content (AvgIpc) is 2.27. The molecule has 0 fully saturated rings. The monoisotopic (exact) mass is 288 g/mol. The summed E-state index contributed by atoms with van der Waals surface area (Å²) in [6, 6.07) is 5.15. The summed E-state index contributed by atoms with van der Waals surface area (Å²) < 4.78 is 10.7. The number of carbonyl (C=O) groups excluding carboxylic acids is 1. The zero-order valence-electron chi connectivity index (χ0n) is 8.90. The Labute approximate surface area is 102 Å². The van der Waals surface area contributed by atoms with E-state index in [1.165, 1.54) is 0 Å². The highest BCUT2D eigenvalue weighted by atomic mass is 79.9. The molecule has 1 rings (SSSR count). The van der Waals surface area contributed by atoms with Gasteiger partial charge in [-0.25, -0.2) is 4.79 Å². The van der Waals surface area contributed by atoms with Crippen LogP contribution >= 0.6 is 15.9 Å². The van der Waals surface area contributed by atoms with Crippen LogP contribution in [0.1, 0.15) is 12.5 Å². The van der Waals surface area contributed by atoms with Crippen LogP contribution in [0.3, 0.4) is 0 Å². The molecule has 0 aromatic heterocycles. The van der Waals surface area contributed by atoms with Gasteiger partial charge in [0.25, 0.3) is 0 Å². The van der Waals surface area contributed by atoms with Crippen molar-refractivity contribution in [3.05, 3.63) is 28.2 Å². The second kappa shape index (κ2) is 6.50. The molecule has 0 aliphatic carbocycles. The van der Waals surface area contributed by atoms with Gasteiger partial charge in [-0.2, -0.15) is 0 Å². The summed E-state index contributed by atoms with van der Waals surface area (Å²) in [4.78, 5) is 11.0. The first-order chi connectivity index (χ1) is 7.67. The van der Waals surface area contributed by atoms with Gasteiger partial charge in [-0.1, -0.05) is 6.07 Å². The van der Waals surface area contributed by atoms with E-state index in [0.29, 0.717) is 16.8 Å². The van der Waals surface area contributed by atoms with Crippen molar-refractivity contribution >= 4 is 21.9 Å². The van der Waals surface area contributed by atoms with Crippen LogP contribution in [0.15, 0.2) is 22.7 Å². The minimum atomic E-state index is -0.402. The number of hydrogen-bond donors (Lipinski definition) is 1. The standard InChI is InChI=1S/C11H13BrO4/c1-2-15-11(14)7-16-10-4-3-8(6-13)5-9(10)12/h3-5,13H,2,6-7H2,1H3. The Bertz CT molecular complexity index is 365. The Kier molecular flexibility index (Phi) is 5.28. The van der Waals surface area contributed by atoms with Gasteiger partial charge >= 0.3 is 5.97 Å². The van der Waals surface area contributed by atoms with Gasteiger partial charge in [0.05, 0.1) is 17.7 Å². The molecule has 0 atom stereocenters. The molecule has 0 saturated carbocycles. The first-order valence-electron chi connectivity index (χ1n) is 4.85. The van der Waals surface area contributed by atoms with Gasteiger partial charge in [-0.15, -0.1) is 0 Å². The summed E-state index contributed by atoms with van der Waals surface area (Å²) in [7, 11) is 0. The van der Waals surface area contributed by atoms with E-state index in [1.807, 2.05) is 0 Å². The Hall–Kier alpha value is -1.07. The minimum absolute atomic E-state index is 0.0310. The number of hydrogen-bond acceptors (Lipinski definition) is 4.